The molecule has 1 amide bonds. The third kappa shape index (κ3) is 1.35. The fourth-order valence-corrected chi connectivity index (χ4v) is 1.41. The fraction of sp³-hybridized carbons (Fsp3) is 0.200. The van der Waals surface area contributed by atoms with Crippen LogP contribution in [0.2, 0.25) is 0 Å². The number of hydrogen-bond acceptors (Lipinski definition) is 3. The molecule has 0 fully saturated rings. The van der Waals surface area contributed by atoms with Crippen LogP contribution in [0.4, 0.5) is 5.82 Å². The van der Waals surface area contributed by atoms with Crippen molar-refractivity contribution in [1.82, 2.24) is 9.88 Å². The van der Waals surface area contributed by atoms with E-state index in [1.165, 1.54) is 0 Å². The lowest BCUT2D eigenvalue weighted by Gasteiger charge is -2.05. The van der Waals surface area contributed by atoms with Gasteiger partial charge in [0.25, 0.3) is 5.91 Å². The minimum atomic E-state index is -0.0904. The Hall–Kier alpha value is -1.84. The lowest BCUT2D eigenvalue weighted by molar-refractivity contribution is -0.110. The van der Waals surface area contributed by atoms with Gasteiger partial charge in [-0.3, -0.25) is 4.79 Å². The molecule has 0 aromatic carbocycles. The number of carbonyl (C=O) groups excluding carboxylic acids is 1. The molecular formula is C10H11N3O. The molecule has 1 aromatic rings. The van der Waals surface area contributed by atoms with Crippen molar-refractivity contribution >= 4 is 17.3 Å². The van der Waals surface area contributed by atoms with Gasteiger partial charge >= 0.3 is 0 Å². The van der Waals surface area contributed by atoms with Crippen molar-refractivity contribution in [2.45, 2.75) is 0 Å². The SMILES string of the molecule is CN(C)C=C1C(=O)Nc2ncccc21. The second-order valence-electron chi connectivity index (χ2n) is 3.36. The summed E-state index contributed by atoms with van der Waals surface area (Å²) < 4.78 is 0. The molecular weight excluding hydrogens is 178 g/mol. The quantitative estimate of drug-likeness (QED) is 0.668. The van der Waals surface area contributed by atoms with E-state index >= 15 is 0 Å². The second kappa shape index (κ2) is 3.14. The van der Waals surface area contributed by atoms with E-state index in [1.54, 1.807) is 12.4 Å². The Labute approximate surface area is 82.3 Å². The number of nitrogens with zero attached hydrogens (tertiary/aromatic N) is 2. The first-order chi connectivity index (χ1) is 6.68. The molecule has 4 heteroatoms. The van der Waals surface area contributed by atoms with E-state index in [4.69, 9.17) is 0 Å². The molecule has 0 atom stereocenters. The predicted octanol–water partition coefficient (Wildman–Crippen LogP) is 0.936. The summed E-state index contributed by atoms with van der Waals surface area (Å²) >= 11 is 0. The minimum absolute atomic E-state index is 0.0904. The summed E-state index contributed by atoms with van der Waals surface area (Å²) in [6.07, 6.45) is 3.46. The molecule has 4 nitrogen and oxygen atoms in total. The average molecular weight is 189 g/mol. The lowest BCUT2D eigenvalue weighted by Crippen LogP contribution is -2.08. The number of fused-ring (bicyclic) bond motifs is 1. The number of hydrogen-bond donors (Lipinski definition) is 1. The number of anilines is 1. The zero-order valence-electron chi connectivity index (χ0n) is 8.11. The Kier molecular flexibility index (Phi) is 1.96. The molecule has 72 valence electrons. The average Bonchev–Trinajstić information content (AvgIpc) is 2.43. The monoisotopic (exact) mass is 189 g/mol. The first-order valence-corrected chi connectivity index (χ1v) is 4.33. The highest BCUT2D eigenvalue weighted by Gasteiger charge is 2.24. The van der Waals surface area contributed by atoms with E-state index in [9.17, 15) is 4.79 Å². The van der Waals surface area contributed by atoms with Crippen LogP contribution in [0.3, 0.4) is 0 Å². The largest absolute Gasteiger partial charge is 0.383 e. The van der Waals surface area contributed by atoms with Gasteiger partial charge in [-0.05, 0) is 12.1 Å². The summed E-state index contributed by atoms with van der Waals surface area (Å²) in [4.78, 5) is 17.4. The van der Waals surface area contributed by atoms with Gasteiger partial charge in [0, 0.05) is 32.1 Å². The normalized spacial score (nSPS) is 16.7. The topological polar surface area (TPSA) is 45.2 Å². The second-order valence-corrected chi connectivity index (χ2v) is 3.36. The van der Waals surface area contributed by atoms with Gasteiger partial charge in [-0.1, -0.05) is 0 Å². The molecule has 0 spiro atoms. The van der Waals surface area contributed by atoms with Crippen LogP contribution in [0.5, 0.6) is 0 Å². The molecule has 0 radical (unpaired) electrons. The summed E-state index contributed by atoms with van der Waals surface area (Å²) in [6.45, 7) is 0. The molecule has 1 aliphatic heterocycles. The Morgan fingerprint density at radius 3 is 3.00 bits per heavy atom. The molecule has 1 N–H and O–H groups in total. The standard InChI is InChI=1S/C10H11N3O/c1-13(2)6-8-7-4-3-5-11-9(7)12-10(8)14/h3-6H,1-2H3,(H,11,12,14). The van der Waals surface area contributed by atoms with Gasteiger partial charge in [0.2, 0.25) is 0 Å². The molecule has 0 aliphatic carbocycles. The highest BCUT2D eigenvalue weighted by molar-refractivity contribution is 6.30. The van der Waals surface area contributed by atoms with Gasteiger partial charge in [-0.2, -0.15) is 0 Å². The Balaban J connectivity index is 2.50. The first kappa shape index (κ1) is 8.74. The Morgan fingerprint density at radius 2 is 2.29 bits per heavy atom. The lowest BCUT2D eigenvalue weighted by atomic mass is 10.1. The van der Waals surface area contributed by atoms with Crippen molar-refractivity contribution in [3.8, 4) is 0 Å². The maximum absolute atomic E-state index is 11.5. The van der Waals surface area contributed by atoms with E-state index in [2.05, 4.69) is 10.3 Å². The number of aromatic nitrogens is 1. The zero-order chi connectivity index (χ0) is 10.1. The van der Waals surface area contributed by atoms with Crippen molar-refractivity contribution in [3.63, 3.8) is 0 Å². The van der Waals surface area contributed by atoms with E-state index in [0.29, 0.717) is 11.4 Å². The van der Waals surface area contributed by atoms with Gasteiger partial charge in [-0.15, -0.1) is 0 Å². The van der Waals surface area contributed by atoms with Crippen molar-refractivity contribution in [3.05, 3.63) is 30.1 Å². The van der Waals surface area contributed by atoms with Crippen molar-refractivity contribution in [2.24, 2.45) is 0 Å². The number of rotatable bonds is 1. The molecule has 0 saturated carbocycles. The highest BCUT2D eigenvalue weighted by atomic mass is 16.2. The fourth-order valence-electron chi connectivity index (χ4n) is 1.41. The molecule has 0 unspecified atom stereocenters. The van der Waals surface area contributed by atoms with E-state index < -0.39 is 0 Å². The van der Waals surface area contributed by atoms with Crippen molar-refractivity contribution < 1.29 is 4.79 Å². The van der Waals surface area contributed by atoms with Crippen LogP contribution in [0, 0.1) is 0 Å². The maximum atomic E-state index is 11.5. The first-order valence-electron chi connectivity index (χ1n) is 4.33. The molecule has 14 heavy (non-hydrogen) atoms. The molecule has 1 aliphatic rings. The summed E-state index contributed by atoms with van der Waals surface area (Å²) in [5.74, 6) is 0.554. The van der Waals surface area contributed by atoms with Crippen LogP contribution in [0.15, 0.2) is 24.5 Å². The van der Waals surface area contributed by atoms with E-state index in [0.717, 1.165) is 5.56 Å². The van der Waals surface area contributed by atoms with E-state index in [1.807, 2.05) is 31.1 Å². The van der Waals surface area contributed by atoms with Gasteiger partial charge in [0.1, 0.15) is 5.82 Å². The molecule has 0 bridgehead atoms. The Bertz CT molecular complexity index is 410. The van der Waals surface area contributed by atoms with Crippen LogP contribution >= 0.6 is 0 Å². The number of nitrogens with one attached hydrogen (secondary N) is 1. The van der Waals surface area contributed by atoms with Gasteiger partial charge in [0.05, 0.1) is 5.57 Å². The van der Waals surface area contributed by atoms with Gasteiger partial charge in [-0.25, -0.2) is 4.98 Å². The summed E-state index contributed by atoms with van der Waals surface area (Å²) in [5, 5.41) is 2.71. The van der Waals surface area contributed by atoms with Crippen LogP contribution in [-0.4, -0.2) is 29.9 Å². The van der Waals surface area contributed by atoms with Crippen molar-refractivity contribution in [2.75, 3.05) is 19.4 Å². The highest BCUT2D eigenvalue weighted by Crippen LogP contribution is 2.28. The molecule has 2 heterocycles. The number of pyridine rings is 1. The molecule has 1 aromatic heterocycles. The zero-order valence-corrected chi connectivity index (χ0v) is 8.11. The smallest absolute Gasteiger partial charge is 0.259 e. The predicted molar refractivity (Wildman–Crippen MR) is 54.5 cm³/mol. The van der Waals surface area contributed by atoms with Crippen LogP contribution in [-0.2, 0) is 4.79 Å². The third-order valence-corrected chi connectivity index (χ3v) is 1.96. The summed E-state index contributed by atoms with van der Waals surface area (Å²) in [5.41, 5.74) is 1.53. The van der Waals surface area contributed by atoms with Crippen LogP contribution in [0.25, 0.3) is 5.57 Å². The summed E-state index contributed by atoms with van der Waals surface area (Å²) in [6, 6.07) is 3.71. The van der Waals surface area contributed by atoms with Gasteiger partial charge < -0.3 is 10.2 Å². The van der Waals surface area contributed by atoms with Gasteiger partial charge in [0.15, 0.2) is 0 Å². The Morgan fingerprint density at radius 1 is 1.50 bits per heavy atom. The van der Waals surface area contributed by atoms with Crippen LogP contribution in [0.1, 0.15) is 5.56 Å². The maximum Gasteiger partial charge on any atom is 0.259 e. The minimum Gasteiger partial charge on any atom is -0.383 e. The summed E-state index contributed by atoms with van der Waals surface area (Å²) in [7, 11) is 3.77. The molecule has 0 saturated heterocycles. The third-order valence-electron chi connectivity index (χ3n) is 1.96. The molecule has 2 rings (SSSR count). The number of carbonyl (C=O) groups is 1. The van der Waals surface area contributed by atoms with E-state index in [-0.39, 0.29) is 5.91 Å². The van der Waals surface area contributed by atoms with Crippen molar-refractivity contribution in [1.29, 1.82) is 0 Å². The number of amides is 1. The van der Waals surface area contributed by atoms with Crippen LogP contribution < -0.4 is 5.32 Å².